The maximum atomic E-state index is 11.7. The number of amides is 1. The summed E-state index contributed by atoms with van der Waals surface area (Å²) < 4.78 is 2.05. The predicted octanol–water partition coefficient (Wildman–Crippen LogP) is 3.17. The van der Waals surface area contributed by atoms with Gasteiger partial charge in [0.15, 0.2) is 0 Å². The van der Waals surface area contributed by atoms with Crippen molar-refractivity contribution >= 4 is 35.0 Å². The van der Waals surface area contributed by atoms with Gasteiger partial charge in [0.2, 0.25) is 5.91 Å². The Morgan fingerprint density at radius 2 is 2.24 bits per heavy atom. The number of halogens is 1. The van der Waals surface area contributed by atoms with Gasteiger partial charge in [-0.1, -0.05) is 23.4 Å². The Morgan fingerprint density at radius 1 is 1.35 bits per heavy atom. The van der Waals surface area contributed by atoms with E-state index in [0.717, 1.165) is 16.4 Å². The number of nitrogens with one attached hydrogen (secondary N) is 1. The molecule has 1 aromatic heterocycles. The van der Waals surface area contributed by atoms with Gasteiger partial charge in [0.1, 0.15) is 0 Å². The van der Waals surface area contributed by atoms with Gasteiger partial charge in [-0.2, -0.15) is 0 Å². The normalized spacial score (nSPS) is 14.3. The third kappa shape index (κ3) is 1.94. The van der Waals surface area contributed by atoms with Gasteiger partial charge in [-0.15, -0.1) is 0 Å². The third-order valence-electron chi connectivity index (χ3n) is 2.55. The van der Waals surface area contributed by atoms with E-state index in [-0.39, 0.29) is 5.91 Å². The van der Waals surface area contributed by atoms with Crippen LogP contribution in [-0.4, -0.2) is 16.2 Å². The Hall–Kier alpha value is -1.39. The largest absolute Gasteiger partial charge is 0.323 e. The summed E-state index contributed by atoms with van der Waals surface area (Å²) in [6, 6.07) is 9.47. The van der Waals surface area contributed by atoms with Crippen LogP contribution in [0.3, 0.4) is 0 Å². The summed E-state index contributed by atoms with van der Waals surface area (Å²) in [6.07, 6.45) is 1.98. The number of carbonyl (C=O) groups is 1. The number of carbonyl (C=O) groups excluding carboxylic acids is 1. The molecule has 3 rings (SSSR count). The Kier molecular flexibility index (Phi) is 2.61. The van der Waals surface area contributed by atoms with E-state index < -0.39 is 0 Å². The topological polar surface area (TPSA) is 34.0 Å². The minimum atomic E-state index is -0.00836. The molecule has 0 radical (unpaired) electrons. The van der Waals surface area contributed by atoms with Crippen LogP contribution in [0.1, 0.15) is 0 Å². The molecule has 1 aromatic carbocycles. The summed E-state index contributed by atoms with van der Waals surface area (Å²) >= 11 is 7.48. The first kappa shape index (κ1) is 10.7. The first-order valence-electron chi connectivity index (χ1n) is 5.14. The van der Waals surface area contributed by atoms with Crippen molar-refractivity contribution in [1.29, 1.82) is 0 Å². The highest BCUT2D eigenvalue weighted by molar-refractivity contribution is 7.99. The van der Waals surface area contributed by atoms with Gasteiger partial charge in [-0.05, 0) is 30.3 Å². The smallest absolute Gasteiger partial charge is 0.234 e. The zero-order valence-corrected chi connectivity index (χ0v) is 10.4. The van der Waals surface area contributed by atoms with Crippen molar-refractivity contribution in [3.63, 3.8) is 0 Å². The molecule has 1 amide bonds. The number of hydrogen-bond acceptors (Lipinski definition) is 2. The van der Waals surface area contributed by atoms with Gasteiger partial charge < -0.3 is 9.88 Å². The molecule has 1 N–H and O–H groups in total. The molecular formula is C12H9ClN2OS. The summed E-state index contributed by atoms with van der Waals surface area (Å²) in [5.74, 6) is 0.404. The summed E-state index contributed by atoms with van der Waals surface area (Å²) in [5, 5.41) is 4.54. The molecule has 0 fully saturated rings. The Bertz CT molecular complexity index is 594. The van der Waals surface area contributed by atoms with Crippen LogP contribution >= 0.6 is 23.4 Å². The van der Waals surface area contributed by atoms with E-state index in [1.807, 2.05) is 30.5 Å². The number of anilines is 1. The van der Waals surface area contributed by atoms with E-state index in [1.54, 1.807) is 6.07 Å². The molecule has 0 aliphatic carbocycles. The molecule has 0 bridgehead atoms. The van der Waals surface area contributed by atoms with Gasteiger partial charge in [0, 0.05) is 11.2 Å². The standard InChI is InChI=1S/C12H9ClN2OS/c13-8-3-4-10-9(6-8)14-11(16)7-17-12-2-1-5-15(10)12/h1-6H,7H2,(H,14,16). The van der Waals surface area contributed by atoms with Gasteiger partial charge >= 0.3 is 0 Å². The fourth-order valence-electron chi connectivity index (χ4n) is 1.83. The predicted molar refractivity (Wildman–Crippen MR) is 70.1 cm³/mol. The van der Waals surface area contributed by atoms with Crippen LogP contribution in [0.4, 0.5) is 5.69 Å². The highest BCUT2D eigenvalue weighted by Gasteiger charge is 2.16. The van der Waals surface area contributed by atoms with Crippen molar-refractivity contribution in [3.8, 4) is 5.69 Å². The molecule has 86 valence electrons. The lowest BCUT2D eigenvalue weighted by molar-refractivity contribution is -0.113. The second-order valence-electron chi connectivity index (χ2n) is 3.71. The van der Waals surface area contributed by atoms with Crippen molar-refractivity contribution in [1.82, 2.24) is 4.57 Å². The Labute approximate surface area is 108 Å². The number of thioether (sulfide) groups is 1. The fourth-order valence-corrected chi connectivity index (χ4v) is 2.82. The molecule has 0 atom stereocenters. The lowest BCUT2D eigenvalue weighted by Gasteiger charge is -2.17. The van der Waals surface area contributed by atoms with E-state index in [9.17, 15) is 4.79 Å². The van der Waals surface area contributed by atoms with Crippen LogP contribution in [0.2, 0.25) is 5.02 Å². The van der Waals surface area contributed by atoms with Crippen LogP contribution in [0.5, 0.6) is 0 Å². The molecule has 0 saturated heterocycles. The van der Waals surface area contributed by atoms with Crippen LogP contribution in [0.25, 0.3) is 5.69 Å². The van der Waals surface area contributed by atoms with Crippen molar-refractivity contribution in [2.75, 3.05) is 11.1 Å². The van der Waals surface area contributed by atoms with Crippen LogP contribution in [-0.2, 0) is 4.79 Å². The molecule has 17 heavy (non-hydrogen) atoms. The molecule has 5 heteroatoms. The van der Waals surface area contributed by atoms with Gasteiger partial charge in [0.05, 0.1) is 22.2 Å². The molecule has 1 aliphatic heterocycles. The fraction of sp³-hybridized carbons (Fsp3) is 0.0833. The minimum absolute atomic E-state index is 0.00836. The third-order valence-corrected chi connectivity index (χ3v) is 3.82. The molecule has 0 unspecified atom stereocenters. The highest BCUT2D eigenvalue weighted by Crippen LogP contribution is 2.31. The summed E-state index contributed by atoms with van der Waals surface area (Å²) in [6.45, 7) is 0. The second-order valence-corrected chi connectivity index (χ2v) is 5.15. The number of benzene rings is 1. The quantitative estimate of drug-likeness (QED) is 0.793. The Balaban J connectivity index is 2.22. The monoisotopic (exact) mass is 264 g/mol. The molecule has 0 saturated carbocycles. The molecule has 2 heterocycles. The van der Waals surface area contributed by atoms with Crippen molar-refractivity contribution in [2.24, 2.45) is 0 Å². The van der Waals surface area contributed by atoms with Crippen molar-refractivity contribution in [3.05, 3.63) is 41.6 Å². The van der Waals surface area contributed by atoms with Crippen molar-refractivity contribution in [2.45, 2.75) is 5.03 Å². The molecule has 0 spiro atoms. The zero-order chi connectivity index (χ0) is 11.8. The van der Waals surface area contributed by atoms with Crippen LogP contribution in [0, 0.1) is 0 Å². The summed E-state index contributed by atoms with van der Waals surface area (Å²) in [7, 11) is 0. The Morgan fingerprint density at radius 3 is 3.12 bits per heavy atom. The molecule has 2 aromatic rings. The van der Waals surface area contributed by atoms with Gasteiger partial charge in [-0.3, -0.25) is 4.79 Å². The molecule has 1 aliphatic rings. The lowest BCUT2D eigenvalue weighted by atomic mass is 10.2. The first-order valence-corrected chi connectivity index (χ1v) is 6.50. The number of aromatic nitrogens is 1. The maximum absolute atomic E-state index is 11.7. The average molecular weight is 265 g/mol. The van der Waals surface area contributed by atoms with E-state index in [4.69, 9.17) is 11.6 Å². The highest BCUT2D eigenvalue weighted by atomic mass is 35.5. The first-order chi connectivity index (χ1) is 8.24. The molecular weight excluding hydrogens is 256 g/mol. The zero-order valence-electron chi connectivity index (χ0n) is 8.81. The number of nitrogens with zero attached hydrogens (tertiary/aromatic N) is 1. The molecule has 3 nitrogen and oxygen atoms in total. The number of fused-ring (bicyclic) bond motifs is 3. The maximum Gasteiger partial charge on any atom is 0.234 e. The van der Waals surface area contributed by atoms with Crippen LogP contribution < -0.4 is 5.32 Å². The van der Waals surface area contributed by atoms with Gasteiger partial charge in [0.25, 0.3) is 0 Å². The minimum Gasteiger partial charge on any atom is -0.323 e. The van der Waals surface area contributed by atoms with E-state index >= 15 is 0 Å². The van der Waals surface area contributed by atoms with Gasteiger partial charge in [-0.25, -0.2) is 0 Å². The second kappa shape index (κ2) is 4.13. The summed E-state index contributed by atoms with van der Waals surface area (Å²) in [4.78, 5) is 11.7. The number of rotatable bonds is 0. The van der Waals surface area contributed by atoms with E-state index in [0.29, 0.717) is 10.8 Å². The van der Waals surface area contributed by atoms with Crippen molar-refractivity contribution < 1.29 is 4.79 Å². The average Bonchev–Trinajstić information content (AvgIpc) is 2.72. The number of hydrogen-bond donors (Lipinski definition) is 1. The SMILES string of the molecule is O=C1CSc2cccn2-c2ccc(Cl)cc2N1. The van der Waals surface area contributed by atoms with Crippen LogP contribution in [0.15, 0.2) is 41.6 Å². The summed E-state index contributed by atoms with van der Waals surface area (Å²) in [5.41, 5.74) is 1.69. The van der Waals surface area contributed by atoms with E-state index in [1.165, 1.54) is 11.8 Å². The lowest BCUT2D eigenvalue weighted by Crippen LogP contribution is -2.18. The van der Waals surface area contributed by atoms with E-state index in [2.05, 4.69) is 9.88 Å².